The number of nitriles is 1. The van der Waals surface area contributed by atoms with E-state index >= 15 is 0 Å². The van der Waals surface area contributed by atoms with Crippen molar-refractivity contribution in [2.75, 3.05) is 7.11 Å². The maximum absolute atomic E-state index is 9.24. The highest BCUT2D eigenvalue weighted by Crippen LogP contribution is 2.23. The lowest BCUT2D eigenvalue weighted by atomic mass is 9.97. The predicted molar refractivity (Wildman–Crippen MR) is 64.7 cm³/mol. The number of hydrogen-bond acceptors (Lipinski definition) is 3. The molecule has 0 aliphatic heterocycles. The predicted octanol–water partition coefficient (Wildman–Crippen LogP) is 2.75. The second-order valence-electron chi connectivity index (χ2n) is 3.59. The Morgan fingerprint density at radius 2 is 1.94 bits per heavy atom. The van der Waals surface area contributed by atoms with Gasteiger partial charge in [-0.3, -0.25) is 4.98 Å². The van der Waals surface area contributed by atoms with Gasteiger partial charge in [-0.2, -0.15) is 5.26 Å². The summed E-state index contributed by atoms with van der Waals surface area (Å²) in [6.45, 7) is 0. The number of ether oxygens (including phenoxy) is 1. The van der Waals surface area contributed by atoms with Crippen LogP contribution in [0.5, 0.6) is 5.75 Å². The number of rotatable bonds is 3. The van der Waals surface area contributed by atoms with Crippen LogP contribution in [0.15, 0.2) is 48.7 Å². The van der Waals surface area contributed by atoms with Crippen molar-refractivity contribution < 1.29 is 4.74 Å². The van der Waals surface area contributed by atoms with E-state index in [1.165, 1.54) is 0 Å². The lowest BCUT2D eigenvalue weighted by Crippen LogP contribution is -2.00. The molecule has 0 bridgehead atoms. The molecule has 0 fully saturated rings. The second kappa shape index (κ2) is 5.13. The first-order valence-electron chi connectivity index (χ1n) is 5.29. The molecule has 1 atom stereocenters. The fourth-order valence-corrected chi connectivity index (χ4v) is 1.65. The van der Waals surface area contributed by atoms with Gasteiger partial charge in [-0.1, -0.05) is 18.2 Å². The average molecular weight is 224 g/mol. The molecule has 0 saturated heterocycles. The van der Waals surface area contributed by atoms with E-state index in [1.807, 2.05) is 42.5 Å². The number of hydrogen-bond donors (Lipinski definition) is 0. The van der Waals surface area contributed by atoms with Gasteiger partial charge in [-0.15, -0.1) is 0 Å². The molecule has 1 heterocycles. The zero-order chi connectivity index (χ0) is 12.1. The molecule has 0 spiro atoms. The van der Waals surface area contributed by atoms with Crippen LogP contribution in [0.25, 0.3) is 0 Å². The lowest BCUT2D eigenvalue weighted by Gasteiger charge is -2.09. The molecule has 17 heavy (non-hydrogen) atoms. The van der Waals surface area contributed by atoms with E-state index in [2.05, 4.69) is 11.1 Å². The minimum atomic E-state index is -0.331. The Labute approximate surface area is 100 Å². The number of methoxy groups -OCH3 is 1. The van der Waals surface area contributed by atoms with E-state index in [4.69, 9.17) is 4.74 Å². The third-order valence-corrected chi connectivity index (χ3v) is 2.56. The van der Waals surface area contributed by atoms with Gasteiger partial charge in [0, 0.05) is 6.20 Å². The SMILES string of the molecule is COc1ccc(C(C#N)c2ccccn2)cc1. The van der Waals surface area contributed by atoms with Gasteiger partial charge >= 0.3 is 0 Å². The molecule has 2 rings (SSSR count). The third kappa shape index (κ3) is 2.43. The van der Waals surface area contributed by atoms with Crippen molar-refractivity contribution >= 4 is 0 Å². The molecule has 0 saturated carbocycles. The second-order valence-corrected chi connectivity index (χ2v) is 3.59. The van der Waals surface area contributed by atoms with Crippen LogP contribution in [0.4, 0.5) is 0 Å². The van der Waals surface area contributed by atoms with E-state index in [0.717, 1.165) is 17.0 Å². The first kappa shape index (κ1) is 11.2. The van der Waals surface area contributed by atoms with Gasteiger partial charge in [-0.05, 0) is 29.8 Å². The maximum Gasteiger partial charge on any atom is 0.118 e. The van der Waals surface area contributed by atoms with Crippen molar-refractivity contribution in [1.29, 1.82) is 5.26 Å². The Morgan fingerprint density at radius 1 is 1.18 bits per heavy atom. The molecule has 0 N–H and O–H groups in total. The normalized spacial score (nSPS) is 11.5. The van der Waals surface area contributed by atoms with E-state index in [9.17, 15) is 5.26 Å². The summed E-state index contributed by atoms with van der Waals surface area (Å²) in [7, 11) is 1.62. The number of pyridine rings is 1. The molecule has 0 aliphatic carbocycles. The number of aromatic nitrogens is 1. The minimum absolute atomic E-state index is 0.331. The highest BCUT2D eigenvalue weighted by molar-refractivity contribution is 5.37. The lowest BCUT2D eigenvalue weighted by molar-refractivity contribution is 0.414. The van der Waals surface area contributed by atoms with Crippen molar-refractivity contribution in [2.24, 2.45) is 0 Å². The van der Waals surface area contributed by atoms with Crippen molar-refractivity contribution in [3.8, 4) is 11.8 Å². The van der Waals surface area contributed by atoms with Crippen LogP contribution < -0.4 is 4.74 Å². The molecule has 84 valence electrons. The Kier molecular flexibility index (Phi) is 3.37. The van der Waals surface area contributed by atoms with Crippen LogP contribution in [-0.2, 0) is 0 Å². The Balaban J connectivity index is 2.33. The first-order chi connectivity index (χ1) is 8.35. The van der Waals surface area contributed by atoms with Crippen LogP contribution in [-0.4, -0.2) is 12.1 Å². The zero-order valence-electron chi connectivity index (χ0n) is 9.50. The van der Waals surface area contributed by atoms with Gasteiger partial charge in [0.2, 0.25) is 0 Å². The van der Waals surface area contributed by atoms with Crippen molar-refractivity contribution in [2.45, 2.75) is 5.92 Å². The molecule has 3 heteroatoms. The summed E-state index contributed by atoms with van der Waals surface area (Å²) in [5.74, 6) is 0.452. The highest BCUT2D eigenvalue weighted by atomic mass is 16.5. The van der Waals surface area contributed by atoms with Gasteiger partial charge < -0.3 is 4.74 Å². The van der Waals surface area contributed by atoms with Crippen LogP contribution in [0.3, 0.4) is 0 Å². The molecule has 1 aromatic carbocycles. The summed E-state index contributed by atoms with van der Waals surface area (Å²) >= 11 is 0. The van der Waals surface area contributed by atoms with Gasteiger partial charge in [0.15, 0.2) is 0 Å². The summed E-state index contributed by atoms with van der Waals surface area (Å²) in [6, 6.07) is 15.3. The Morgan fingerprint density at radius 3 is 2.47 bits per heavy atom. The maximum atomic E-state index is 9.24. The van der Waals surface area contributed by atoms with E-state index in [1.54, 1.807) is 13.3 Å². The molecule has 3 nitrogen and oxygen atoms in total. The molecular formula is C14H12N2O. The molecule has 1 unspecified atom stereocenters. The van der Waals surface area contributed by atoms with Crippen LogP contribution in [0.1, 0.15) is 17.2 Å². The quantitative estimate of drug-likeness (QED) is 0.805. The number of nitrogens with zero attached hydrogens (tertiary/aromatic N) is 2. The van der Waals surface area contributed by atoms with Gasteiger partial charge in [0.25, 0.3) is 0 Å². The van der Waals surface area contributed by atoms with E-state index in [0.29, 0.717) is 0 Å². The number of benzene rings is 1. The summed E-state index contributed by atoms with van der Waals surface area (Å²) in [5.41, 5.74) is 1.69. The summed E-state index contributed by atoms with van der Waals surface area (Å²) in [6.07, 6.45) is 1.70. The van der Waals surface area contributed by atoms with E-state index in [-0.39, 0.29) is 5.92 Å². The van der Waals surface area contributed by atoms with E-state index < -0.39 is 0 Å². The molecular weight excluding hydrogens is 212 g/mol. The van der Waals surface area contributed by atoms with Gasteiger partial charge in [0.1, 0.15) is 11.7 Å². The Hall–Kier alpha value is -2.34. The van der Waals surface area contributed by atoms with Crippen molar-refractivity contribution in [3.63, 3.8) is 0 Å². The largest absolute Gasteiger partial charge is 0.497 e. The summed E-state index contributed by atoms with van der Waals surface area (Å²) in [5, 5.41) is 9.24. The molecule has 0 amide bonds. The van der Waals surface area contributed by atoms with Crippen LogP contribution >= 0.6 is 0 Å². The fourth-order valence-electron chi connectivity index (χ4n) is 1.65. The minimum Gasteiger partial charge on any atom is -0.497 e. The average Bonchev–Trinajstić information content (AvgIpc) is 2.42. The van der Waals surface area contributed by atoms with Gasteiger partial charge in [0.05, 0.1) is 18.9 Å². The zero-order valence-corrected chi connectivity index (χ0v) is 9.50. The standard InChI is InChI=1S/C14H12N2O/c1-17-12-7-5-11(6-8-12)13(10-15)14-4-2-3-9-16-14/h2-9,13H,1H3. The van der Waals surface area contributed by atoms with Crippen LogP contribution in [0.2, 0.25) is 0 Å². The summed E-state index contributed by atoms with van der Waals surface area (Å²) in [4.78, 5) is 4.22. The topological polar surface area (TPSA) is 45.9 Å². The molecule has 0 radical (unpaired) electrons. The van der Waals surface area contributed by atoms with Gasteiger partial charge in [-0.25, -0.2) is 0 Å². The van der Waals surface area contributed by atoms with Crippen molar-refractivity contribution in [3.05, 3.63) is 59.9 Å². The summed E-state index contributed by atoms with van der Waals surface area (Å²) < 4.78 is 5.09. The fraction of sp³-hybridized carbons (Fsp3) is 0.143. The third-order valence-electron chi connectivity index (χ3n) is 2.56. The van der Waals surface area contributed by atoms with Crippen LogP contribution in [0, 0.1) is 11.3 Å². The molecule has 0 aliphatic rings. The Bertz CT molecular complexity index is 514. The van der Waals surface area contributed by atoms with Crippen molar-refractivity contribution in [1.82, 2.24) is 4.98 Å². The molecule has 2 aromatic rings. The highest BCUT2D eigenvalue weighted by Gasteiger charge is 2.13. The monoisotopic (exact) mass is 224 g/mol. The molecule has 1 aromatic heterocycles. The smallest absolute Gasteiger partial charge is 0.118 e. The first-order valence-corrected chi connectivity index (χ1v) is 5.29.